The lowest BCUT2D eigenvalue weighted by molar-refractivity contribution is -0.206. The summed E-state index contributed by atoms with van der Waals surface area (Å²) < 4.78 is 69.6. The van der Waals surface area contributed by atoms with Crippen LogP contribution in [0.2, 0.25) is 0 Å². The Labute approximate surface area is 228 Å². The first kappa shape index (κ1) is 28.0. The highest BCUT2D eigenvalue weighted by atomic mass is 19.4. The molecule has 0 saturated carbocycles. The van der Waals surface area contributed by atoms with E-state index in [4.69, 9.17) is 14.2 Å². The Morgan fingerprint density at radius 1 is 1.18 bits per heavy atom. The Kier molecular flexibility index (Phi) is 7.56. The molecule has 0 bridgehead atoms. The van der Waals surface area contributed by atoms with Crippen LogP contribution in [0, 0.1) is 31.0 Å². The van der Waals surface area contributed by atoms with Gasteiger partial charge < -0.3 is 14.2 Å². The van der Waals surface area contributed by atoms with Gasteiger partial charge in [0.1, 0.15) is 24.6 Å². The van der Waals surface area contributed by atoms with Gasteiger partial charge in [0, 0.05) is 44.3 Å². The van der Waals surface area contributed by atoms with E-state index in [1.807, 2.05) is 11.0 Å². The fraction of sp³-hybridized carbons (Fsp3) is 0.464. The number of ether oxygens (including phenoxy) is 3. The molecule has 8 nitrogen and oxygen atoms in total. The van der Waals surface area contributed by atoms with Gasteiger partial charge in [0.15, 0.2) is 0 Å². The van der Waals surface area contributed by atoms with Gasteiger partial charge in [0.2, 0.25) is 0 Å². The first-order valence-electron chi connectivity index (χ1n) is 12.8. The number of fused-ring (bicyclic) bond motifs is 2. The summed E-state index contributed by atoms with van der Waals surface area (Å²) in [6.45, 7) is 5.78. The Morgan fingerprint density at radius 2 is 1.95 bits per heavy atom. The van der Waals surface area contributed by atoms with Gasteiger partial charge in [-0.3, -0.25) is 9.80 Å². The lowest BCUT2D eigenvalue weighted by Gasteiger charge is -2.47. The summed E-state index contributed by atoms with van der Waals surface area (Å²) >= 11 is 0. The van der Waals surface area contributed by atoms with Gasteiger partial charge in [-0.05, 0) is 48.2 Å². The molecule has 3 aliphatic rings. The number of piperazine rings is 1. The number of nitrogens with zero attached hydrogens (tertiary/aromatic N) is 3. The third-order valence-corrected chi connectivity index (χ3v) is 7.95. The van der Waals surface area contributed by atoms with Crippen LogP contribution in [-0.4, -0.2) is 73.3 Å². The number of esters is 2. The second-order valence-corrected chi connectivity index (χ2v) is 10.3. The maximum atomic E-state index is 14.0. The Bertz CT molecular complexity index is 1390. The number of hydrogen-bond acceptors (Lipinski definition) is 8. The topological polar surface area (TPSA) is 92.1 Å². The van der Waals surface area contributed by atoms with Crippen LogP contribution in [-0.2, 0) is 25.6 Å². The minimum atomic E-state index is -5.16. The van der Waals surface area contributed by atoms with E-state index >= 15 is 0 Å². The van der Waals surface area contributed by atoms with E-state index in [-0.39, 0.29) is 30.9 Å². The summed E-state index contributed by atoms with van der Waals surface area (Å²) in [5.74, 6) is -3.36. The molecule has 12 heteroatoms. The van der Waals surface area contributed by atoms with Crippen molar-refractivity contribution in [2.24, 2.45) is 0 Å². The number of hydrogen-bond donors (Lipinski definition) is 0. The molecule has 2 saturated heterocycles. The van der Waals surface area contributed by atoms with E-state index in [0.29, 0.717) is 60.6 Å². The molecule has 212 valence electrons. The van der Waals surface area contributed by atoms with Crippen LogP contribution < -0.4 is 0 Å². The van der Waals surface area contributed by atoms with E-state index in [1.165, 1.54) is 18.2 Å². The first-order chi connectivity index (χ1) is 19.0. The average molecular weight is 562 g/mol. The molecule has 0 N–H and O–H groups in total. The normalized spacial score (nSPS) is 22.2. The zero-order valence-electron chi connectivity index (χ0n) is 21.9. The minimum absolute atomic E-state index is 0.00901. The van der Waals surface area contributed by atoms with Crippen molar-refractivity contribution in [1.82, 2.24) is 9.80 Å². The summed E-state index contributed by atoms with van der Waals surface area (Å²) in [5, 5.41) is 9.31. The number of benzene rings is 2. The number of alkyl halides is 3. The molecule has 0 aliphatic carbocycles. The quantitative estimate of drug-likeness (QED) is 0.401. The molecular weight excluding hydrogens is 534 g/mol. The van der Waals surface area contributed by atoms with Gasteiger partial charge in [0.25, 0.3) is 0 Å². The van der Waals surface area contributed by atoms with Crippen LogP contribution in [0.3, 0.4) is 0 Å². The number of morpholine rings is 1. The number of nitriles is 1. The second kappa shape index (κ2) is 10.8. The number of cyclic esters (lactones) is 1. The molecule has 2 aromatic rings. The van der Waals surface area contributed by atoms with Gasteiger partial charge in [-0.25, -0.2) is 14.0 Å². The number of rotatable bonds is 5. The molecule has 3 heterocycles. The van der Waals surface area contributed by atoms with Gasteiger partial charge in [-0.1, -0.05) is 12.1 Å². The minimum Gasteiger partial charge on any atom is -0.457 e. The monoisotopic (exact) mass is 561 g/mol. The summed E-state index contributed by atoms with van der Waals surface area (Å²) in [6.07, 6.45) is -6.73. The fourth-order valence-electron chi connectivity index (χ4n) is 5.73. The third kappa shape index (κ3) is 5.29. The number of carbonyl (C=O) groups is 2. The molecular formula is C28H27F4N3O5. The van der Waals surface area contributed by atoms with Crippen LogP contribution in [0.15, 0.2) is 24.3 Å². The Balaban J connectivity index is 1.31. The maximum Gasteiger partial charge on any atom is 0.490 e. The van der Waals surface area contributed by atoms with Crippen molar-refractivity contribution in [3.63, 3.8) is 0 Å². The molecule has 0 aromatic heterocycles. The lowest BCUT2D eigenvalue weighted by atomic mass is 9.94. The largest absolute Gasteiger partial charge is 0.490 e. The lowest BCUT2D eigenvalue weighted by Crippen LogP contribution is -2.59. The standard InChI is InChI=1S/C28H27F4N3O5/c1-15-18(5-6-23(29)21(15)9-33)24-12-35-8-7-34(10-17(35)13-38-24)11-25(40-27(37)28(30,31)32)19-3-4-20-22(16(19)2)14-39-26(20)36/h3-6,17,24-25H,7-8,10-14H2,1-2H3/t17-,24-,25+/m0/s1. The van der Waals surface area contributed by atoms with Crippen molar-refractivity contribution in [2.45, 2.75) is 44.9 Å². The molecule has 2 aromatic carbocycles. The molecule has 3 atom stereocenters. The highest BCUT2D eigenvalue weighted by Gasteiger charge is 2.44. The highest BCUT2D eigenvalue weighted by molar-refractivity contribution is 5.94. The fourth-order valence-corrected chi connectivity index (χ4v) is 5.73. The maximum absolute atomic E-state index is 14.0. The smallest absolute Gasteiger partial charge is 0.457 e. The Morgan fingerprint density at radius 3 is 2.67 bits per heavy atom. The van der Waals surface area contributed by atoms with Crippen LogP contribution >= 0.6 is 0 Å². The molecule has 0 radical (unpaired) electrons. The van der Waals surface area contributed by atoms with Crippen LogP contribution in [0.5, 0.6) is 0 Å². The summed E-state index contributed by atoms with van der Waals surface area (Å²) in [7, 11) is 0. The number of halogens is 4. The SMILES string of the molecule is Cc1c([C@@H]2CN3CCN(C[C@@H](OC(=O)C(F)(F)F)c4ccc5c(c4C)COC5=O)C[C@H]3CO2)ccc(F)c1C#N. The Hall–Kier alpha value is -3.53. The summed E-state index contributed by atoms with van der Waals surface area (Å²) in [4.78, 5) is 27.9. The molecule has 5 rings (SSSR count). The van der Waals surface area contributed by atoms with Crippen LogP contribution in [0.1, 0.15) is 55.9 Å². The second-order valence-electron chi connectivity index (χ2n) is 10.3. The molecule has 0 spiro atoms. The van der Waals surface area contributed by atoms with Gasteiger partial charge in [-0.15, -0.1) is 0 Å². The van der Waals surface area contributed by atoms with Crippen molar-refractivity contribution in [3.05, 3.63) is 69.0 Å². The van der Waals surface area contributed by atoms with E-state index < -0.39 is 30.0 Å². The molecule has 40 heavy (non-hydrogen) atoms. The van der Waals surface area contributed by atoms with Gasteiger partial charge in [0.05, 0.1) is 23.8 Å². The first-order valence-corrected chi connectivity index (χ1v) is 12.8. The van der Waals surface area contributed by atoms with Crippen molar-refractivity contribution >= 4 is 11.9 Å². The molecule has 0 unspecified atom stereocenters. The highest BCUT2D eigenvalue weighted by Crippen LogP contribution is 2.34. The van der Waals surface area contributed by atoms with Gasteiger partial charge >= 0.3 is 18.1 Å². The summed E-state index contributed by atoms with van der Waals surface area (Å²) in [6, 6.07) is 7.73. The third-order valence-electron chi connectivity index (χ3n) is 7.95. The van der Waals surface area contributed by atoms with Crippen LogP contribution in [0.4, 0.5) is 17.6 Å². The van der Waals surface area contributed by atoms with Crippen LogP contribution in [0.25, 0.3) is 0 Å². The summed E-state index contributed by atoms with van der Waals surface area (Å²) in [5.41, 5.74) is 3.13. The van der Waals surface area contributed by atoms with Crippen molar-refractivity contribution < 1.29 is 41.4 Å². The van der Waals surface area contributed by atoms with E-state index in [0.717, 1.165) is 5.56 Å². The van der Waals surface area contributed by atoms with E-state index in [1.54, 1.807) is 19.9 Å². The number of carbonyl (C=O) groups excluding carboxylic acids is 2. The van der Waals surface area contributed by atoms with Crippen molar-refractivity contribution in [1.29, 1.82) is 5.26 Å². The van der Waals surface area contributed by atoms with E-state index in [2.05, 4.69) is 4.90 Å². The molecule has 2 fully saturated rings. The molecule has 0 amide bonds. The van der Waals surface area contributed by atoms with Gasteiger partial charge in [-0.2, -0.15) is 18.4 Å². The predicted octanol–water partition coefficient (Wildman–Crippen LogP) is 3.89. The van der Waals surface area contributed by atoms with Crippen molar-refractivity contribution in [2.75, 3.05) is 39.3 Å². The average Bonchev–Trinajstić information content (AvgIpc) is 3.29. The van der Waals surface area contributed by atoms with Crippen molar-refractivity contribution in [3.8, 4) is 6.07 Å². The predicted molar refractivity (Wildman–Crippen MR) is 132 cm³/mol. The zero-order chi connectivity index (χ0) is 28.8. The zero-order valence-corrected chi connectivity index (χ0v) is 21.9. The van der Waals surface area contributed by atoms with E-state index in [9.17, 15) is 32.4 Å². The molecule has 3 aliphatic heterocycles.